The maximum atomic E-state index is 12.4. The number of ether oxygens (including phenoxy) is 1. The number of pyridine rings is 1. The van der Waals surface area contributed by atoms with Gasteiger partial charge in [-0.1, -0.05) is 35.0 Å². The maximum Gasteiger partial charge on any atom is 0.267 e. The molecular formula is C18H12ClN3O4. The highest BCUT2D eigenvalue weighted by molar-refractivity contribution is 6.35. The van der Waals surface area contributed by atoms with E-state index in [1.165, 1.54) is 7.11 Å². The van der Waals surface area contributed by atoms with E-state index in [4.69, 9.17) is 20.9 Å². The summed E-state index contributed by atoms with van der Waals surface area (Å²) < 4.78 is 10.5. The highest BCUT2D eigenvalue weighted by atomic mass is 35.5. The SMILES string of the molecule is COc1ccccc1-c1noc(-c2c(O)c3cccc(Cl)c3[nH]c2=O)n1. The average Bonchev–Trinajstić information content (AvgIpc) is 3.12. The molecule has 0 spiro atoms. The molecule has 0 fully saturated rings. The number of hydrogen-bond acceptors (Lipinski definition) is 6. The predicted molar refractivity (Wildman–Crippen MR) is 96.5 cm³/mol. The van der Waals surface area contributed by atoms with E-state index in [-0.39, 0.29) is 23.0 Å². The van der Waals surface area contributed by atoms with Crippen molar-refractivity contribution in [3.05, 3.63) is 57.8 Å². The highest BCUT2D eigenvalue weighted by Gasteiger charge is 2.22. The number of H-pyrrole nitrogens is 1. The van der Waals surface area contributed by atoms with Gasteiger partial charge in [-0.2, -0.15) is 4.98 Å². The largest absolute Gasteiger partial charge is 0.506 e. The van der Waals surface area contributed by atoms with E-state index < -0.39 is 5.56 Å². The zero-order valence-electron chi connectivity index (χ0n) is 13.5. The molecule has 26 heavy (non-hydrogen) atoms. The van der Waals surface area contributed by atoms with Crippen LogP contribution in [-0.2, 0) is 0 Å². The Morgan fingerprint density at radius 1 is 1.19 bits per heavy atom. The van der Waals surface area contributed by atoms with Gasteiger partial charge in [-0.3, -0.25) is 4.79 Å². The Morgan fingerprint density at radius 2 is 2.00 bits per heavy atom. The van der Waals surface area contributed by atoms with E-state index in [0.717, 1.165) is 0 Å². The summed E-state index contributed by atoms with van der Waals surface area (Å²) in [6.45, 7) is 0. The van der Waals surface area contributed by atoms with Gasteiger partial charge in [-0.15, -0.1) is 0 Å². The number of aromatic amines is 1. The summed E-state index contributed by atoms with van der Waals surface area (Å²) in [5.41, 5.74) is 0.237. The highest BCUT2D eigenvalue weighted by Crippen LogP contribution is 2.35. The fourth-order valence-corrected chi connectivity index (χ4v) is 2.95. The summed E-state index contributed by atoms with van der Waals surface area (Å²) in [6, 6.07) is 12.0. The molecule has 0 amide bonds. The van der Waals surface area contributed by atoms with Gasteiger partial charge in [-0.05, 0) is 24.3 Å². The first-order chi connectivity index (χ1) is 12.6. The summed E-state index contributed by atoms with van der Waals surface area (Å²) in [4.78, 5) is 19.3. The van der Waals surface area contributed by atoms with Crippen LogP contribution in [0.3, 0.4) is 0 Å². The average molecular weight is 370 g/mol. The molecule has 7 nitrogen and oxygen atoms in total. The van der Waals surface area contributed by atoms with Gasteiger partial charge in [0.1, 0.15) is 17.1 Å². The molecule has 0 radical (unpaired) electrons. The van der Waals surface area contributed by atoms with Crippen molar-refractivity contribution in [2.75, 3.05) is 7.11 Å². The quantitative estimate of drug-likeness (QED) is 0.572. The number of aromatic hydroxyl groups is 1. The van der Waals surface area contributed by atoms with Crippen LogP contribution in [0.15, 0.2) is 51.8 Å². The number of benzene rings is 2. The van der Waals surface area contributed by atoms with Crippen LogP contribution in [0.5, 0.6) is 11.5 Å². The predicted octanol–water partition coefficient (Wildman–Crippen LogP) is 3.61. The summed E-state index contributed by atoms with van der Waals surface area (Å²) in [7, 11) is 1.53. The zero-order chi connectivity index (χ0) is 18.3. The number of fused-ring (bicyclic) bond motifs is 1. The van der Waals surface area contributed by atoms with Gasteiger partial charge in [0, 0.05) is 5.39 Å². The van der Waals surface area contributed by atoms with E-state index in [1.807, 2.05) is 6.07 Å². The summed E-state index contributed by atoms with van der Waals surface area (Å²) in [5.74, 6) is 0.415. The molecule has 130 valence electrons. The number of hydrogen-bond donors (Lipinski definition) is 2. The fourth-order valence-electron chi connectivity index (χ4n) is 2.73. The monoisotopic (exact) mass is 369 g/mol. The first-order valence-corrected chi connectivity index (χ1v) is 7.99. The molecule has 0 unspecified atom stereocenters. The maximum absolute atomic E-state index is 12.4. The normalized spacial score (nSPS) is 11.0. The van der Waals surface area contributed by atoms with Crippen LogP contribution in [0.1, 0.15) is 0 Å². The molecule has 2 aromatic carbocycles. The number of rotatable bonds is 3. The van der Waals surface area contributed by atoms with Crippen molar-refractivity contribution in [3.8, 4) is 34.3 Å². The third kappa shape index (κ3) is 2.49. The molecule has 0 atom stereocenters. The lowest BCUT2D eigenvalue weighted by Gasteiger charge is -2.05. The molecule has 0 aliphatic heterocycles. The lowest BCUT2D eigenvalue weighted by Crippen LogP contribution is -2.09. The van der Waals surface area contributed by atoms with Gasteiger partial charge in [0.25, 0.3) is 11.4 Å². The molecule has 0 aliphatic carbocycles. The first kappa shape index (κ1) is 16.2. The van der Waals surface area contributed by atoms with Gasteiger partial charge < -0.3 is 19.4 Å². The van der Waals surface area contributed by atoms with Crippen molar-refractivity contribution >= 4 is 22.5 Å². The summed E-state index contributed by atoms with van der Waals surface area (Å²) in [5, 5.41) is 15.2. The Morgan fingerprint density at radius 3 is 2.81 bits per heavy atom. The summed E-state index contributed by atoms with van der Waals surface area (Å²) >= 11 is 6.07. The van der Waals surface area contributed by atoms with Gasteiger partial charge in [0.15, 0.2) is 0 Å². The second-order valence-electron chi connectivity index (χ2n) is 5.46. The molecular weight excluding hydrogens is 358 g/mol. The van der Waals surface area contributed by atoms with E-state index in [2.05, 4.69) is 15.1 Å². The molecule has 0 saturated carbocycles. The lowest BCUT2D eigenvalue weighted by atomic mass is 10.1. The molecule has 0 bridgehead atoms. The lowest BCUT2D eigenvalue weighted by molar-refractivity contribution is 0.412. The number of halogens is 1. The minimum absolute atomic E-state index is 0.105. The zero-order valence-corrected chi connectivity index (χ0v) is 14.2. The second kappa shape index (κ2) is 6.20. The van der Waals surface area contributed by atoms with Crippen LogP contribution in [0.4, 0.5) is 0 Å². The molecule has 8 heteroatoms. The van der Waals surface area contributed by atoms with Crippen LogP contribution < -0.4 is 10.3 Å². The van der Waals surface area contributed by atoms with Crippen molar-refractivity contribution in [1.29, 1.82) is 0 Å². The molecule has 0 saturated heterocycles. The van der Waals surface area contributed by atoms with Crippen LogP contribution in [0.25, 0.3) is 33.7 Å². The molecule has 2 heterocycles. The Labute approximate surface area is 151 Å². The van der Waals surface area contributed by atoms with Gasteiger partial charge in [0.2, 0.25) is 5.82 Å². The standard InChI is InChI=1S/C18H12ClN3O4/c1-25-12-8-3-2-5-9(12)16-21-18(26-22-16)13-15(23)10-6-4-7-11(19)14(10)20-17(13)24/h2-8H,1H3,(H2,20,23,24). The number of nitrogens with zero attached hydrogens (tertiary/aromatic N) is 2. The first-order valence-electron chi connectivity index (χ1n) is 7.61. The molecule has 2 N–H and O–H groups in total. The Balaban J connectivity index is 1.90. The van der Waals surface area contributed by atoms with E-state index in [9.17, 15) is 9.90 Å². The third-order valence-electron chi connectivity index (χ3n) is 3.96. The van der Waals surface area contributed by atoms with Gasteiger partial charge >= 0.3 is 0 Å². The van der Waals surface area contributed by atoms with Crippen LogP contribution in [-0.4, -0.2) is 27.3 Å². The Bertz CT molecular complexity index is 1180. The Kier molecular flexibility index (Phi) is 3.85. The molecule has 0 aliphatic rings. The van der Waals surface area contributed by atoms with Crippen molar-refractivity contribution in [1.82, 2.24) is 15.1 Å². The smallest absolute Gasteiger partial charge is 0.267 e. The topological polar surface area (TPSA) is 101 Å². The number of aromatic nitrogens is 3. The van der Waals surface area contributed by atoms with E-state index >= 15 is 0 Å². The van der Waals surface area contributed by atoms with E-state index in [1.54, 1.807) is 36.4 Å². The van der Waals surface area contributed by atoms with Gasteiger partial charge in [-0.25, -0.2) is 0 Å². The van der Waals surface area contributed by atoms with Crippen molar-refractivity contribution in [2.45, 2.75) is 0 Å². The molecule has 4 aromatic rings. The van der Waals surface area contributed by atoms with Crippen molar-refractivity contribution < 1.29 is 14.4 Å². The number of nitrogens with one attached hydrogen (secondary N) is 1. The summed E-state index contributed by atoms with van der Waals surface area (Å²) in [6.07, 6.45) is 0. The third-order valence-corrected chi connectivity index (χ3v) is 4.27. The van der Waals surface area contributed by atoms with Gasteiger partial charge in [0.05, 0.1) is 23.2 Å². The molecule has 4 rings (SSSR count). The Hall–Kier alpha value is -3.32. The minimum Gasteiger partial charge on any atom is -0.506 e. The van der Waals surface area contributed by atoms with Crippen LogP contribution >= 0.6 is 11.6 Å². The number of methoxy groups -OCH3 is 1. The fraction of sp³-hybridized carbons (Fsp3) is 0.0556. The minimum atomic E-state index is -0.585. The van der Waals surface area contributed by atoms with Crippen LogP contribution in [0.2, 0.25) is 5.02 Å². The van der Waals surface area contributed by atoms with Crippen molar-refractivity contribution in [3.63, 3.8) is 0 Å². The van der Waals surface area contributed by atoms with Crippen LogP contribution in [0, 0.1) is 0 Å². The molecule has 2 aromatic heterocycles. The second-order valence-corrected chi connectivity index (χ2v) is 5.87. The number of para-hydroxylation sites is 2. The van der Waals surface area contributed by atoms with Crippen molar-refractivity contribution in [2.24, 2.45) is 0 Å². The van der Waals surface area contributed by atoms with E-state index in [0.29, 0.717) is 27.2 Å².